The zero-order valence-corrected chi connectivity index (χ0v) is 17.6. The van der Waals surface area contributed by atoms with Crippen LogP contribution in [0.4, 0.5) is 0 Å². The van der Waals surface area contributed by atoms with Crippen LogP contribution >= 0.6 is 0 Å². The van der Waals surface area contributed by atoms with Crippen LogP contribution in [0.1, 0.15) is 49.8 Å². The van der Waals surface area contributed by atoms with E-state index in [2.05, 4.69) is 19.2 Å². The van der Waals surface area contributed by atoms with Crippen molar-refractivity contribution in [1.29, 1.82) is 0 Å². The highest BCUT2D eigenvalue weighted by Gasteiger charge is 2.23. The highest BCUT2D eigenvalue weighted by atomic mass is 16.5. The van der Waals surface area contributed by atoms with Gasteiger partial charge in [0.25, 0.3) is 0 Å². The lowest BCUT2D eigenvalue weighted by Crippen LogP contribution is -2.36. The lowest BCUT2D eigenvalue weighted by molar-refractivity contribution is -0.124. The van der Waals surface area contributed by atoms with Gasteiger partial charge in [-0.25, -0.2) is 0 Å². The molecule has 0 saturated carbocycles. The summed E-state index contributed by atoms with van der Waals surface area (Å²) in [5.74, 6) is 0.400. The summed E-state index contributed by atoms with van der Waals surface area (Å²) >= 11 is 0. The van der Waals surface area contributed by atoms with Crippen molar-refractivity contribution in [3.8, 4) is 5.75 Å². The Morgan fingerprint density at radius 1 is 1.03 bits per heavy atom. The maximum atomic E-state index is 12.8. The molecule has 0 saturated heterocycles. The summed E-state index contributed by atoms with van der Waals surface area (Å²) in [6, 6.07) is 16.8. The van der Waals surface area contributed by atoms with Gasteiger partial charge in [0.05, 0.1) is 31.8 Å². The zero-order valence-electron chi connectivity index (χ0n) is 17.6. The maximum absolute atomic E-state index is 12.8. The molecule has 3 unspecified atom stereocenters. The molecule has 5 heteroatoms. The Labute approximate surface area is 174 Å². The highest BCUT2D eigenvalue weighted by Crippen LogP contribution is 2.22. The summed E-state index contributed by atoms with van der Waals surface area (Å²) in [5, 5.41) is 12.8. The van der Waals surface area contributed by atoms with E-state index in [0.29, 0.717) is 19.1 Å². The van der Waals surface area contributed by atoms with Crippen LogP contribution in [0.25, 0.3) is 0 Å². The van der Waals surface area contributed by atoms with Gasteiger partial charge >= 0.3 is 0 Å². The third kappa shape index (κ3) is 7.18. The van der Waals surface area contributed by atoms with Gasteiger partial charge in [-0.2, -0.15) is 0 Å². The first kappa shape index (κ1) is 22.9. The minimum absolute atomic E-state index is 0.233. The molecular formula is C24H33NO4. The molecule has 0 aliphatic carbocycles. The van der Waals surface area contributed by atoms with E-state index in [1.165, 1.54) is 0 Å². The lowest BCUT2D eigenvalue weighted by atomic mass is 9.98. The minimum Gasteiger partial charge on any atom is -0.493 e. The Morgan fingerprint density at radius 3 is 2.31 bits per heavy atom. The number of hydrogen-bond donors (Lipinski definition) is 2. The van der Waals surface area contributed by atoms with Crippen LogP contribution in [0.2, 0.25) is 0 Å². The van der Waals surface area contributed by atoms with Gasteiger partial charge in [0.2, 0.25) is 5.91 Å². The van der Waals surface area contributed by atoms with E-state index in [4.69, 9.17) is 9.47 Å². The molecule has 29 heavy (non-hydrogen) atoms. The molecule has 2 N–H and O–H groups in total. The normalized spacial score (nSPS) is 14.1. The van der Waals surface area contributed by atoms with Crippen molar-refractivity contribution in [1.82, 2.24) is 5.32 Å². The Balaban J connectivity index is 2.02. The molecule has 5 nitrogen and oxygen atoms in total. The van der Waals surface area contributed by atoms with Gasteiger partial charge in [-0.3, -0.25) is 4.79 Å². The number of carbonyl (C=O) groups is 1. The average Bonchev–Trinajstić information content (AvgIpc) is 2.74. The Bertz CT molecular complexity index is 717. The van der Waals surface area contributed by atoms with E-state index in [1.54, 1.807) is 7.11 Å². The topological polar surface area (TPSA) is 67.8 Å². The van der Waals surface area contributed by atoms with Crippen LogP contribution < -0.4 is 10.1 Å². The average molecular weight is 400 g/mol. The number of rotatable bonds is 12. The molecule has 2 aromatic rings. The second-order valence-corrected chi connectivity index (χ2v) is 7.44. The van der Waals surface area contributed by atoms with Crippen LogP contribution in [-0.4, -0.2) is 37.9 Å². The van der Waals surface area contributed by atoms with E-state index in [1.807, 2.05) is 54.6 Å². The molecular weight excluding hydrogens is 366 g/mol. The number of carbonyl (C=O) groups excluding carboxylic acids is 1. The van der Waals surface area contributed by atoms with Crippen LogP contribution in [0.5, 0.6) is 5.75 Å². The van der Waals surface area contributed by atoms with E-state index in [9.17, 15) is 9.90 Å². The largest absolute Gasteiger partial charge is 0.493 e. The third-order valence-corrected chi connectivity index (χ3v) is 4.95. The molecule has 0 radical (unpaired) electrons. The van der Waals surface area contributed by atoms with Gasteiger partial charge in [0, 0.05) is 7.11 Å². The number of hydrogen-bond acceptors (Lipinski definition) is 4. The van der Waals surface area contributed by atoms with Gasteiger partial charge in [-0.1, -0.05) is 62.7 Å². The molecule has 0 spiro atoms. The number of aliphatic hydroxyl groups excluding tert-OH is 1. The van der Waals surface area contributed by atoms with Crippen molar-refractivity contribution in [2.75, 3.05) is 26.9 Å². The third-order valence-electron chi connectivity index (χ3n) is 4.95. The molecule has 158 valence electrons. The number of methoxy groups -OCH3 is 1. The molecule has 0 fully saturated rings. The predicted molar refractivity (Wildman–Crippen MR) is 115 cm³/mol. The monoisotopic (exact) mass is 399 g/mol. The summed E-state index contributed by atoms with van der Waals surface area (Å²) in [5.41, 5.74) is 1.72. The SMILES string of the molecule is CCCC(C)COc1ccc(C(CO)C(=O)NC(COC)c2ccccc2)cc1. The fourth-order valence-electron chi connectivity index (χ4n) is 3.30. The van der Waals surface area contributed by atoms with Crippen LogP contribution in [0, 0.1) is 5.92 Å². The second kappa shape index (κ2) is 12.2. The van der Waals surface area contributed by atoms with Crippen LogP contribution in [0.3, 0.4) is 0 Å². The van der Waals surface area contributed by atoms with Gasteiger partial charge < -0.3 is 19.9 Å². The number of benzene rings is 2. The maximum Gasteiger partial charge on any atom is 0.230 e. The smallest absolute Gasteiger partial charge is 0.230 e. The van der Waals surface area contributed by atoms with Gasteiger partial charge in [-0.15, -0.1) is 0 Å². The van der Waals surface area contributed by atoms with Gasteiger partial charge in [-0.05, 0) is 35.6 Å². The number of aliphatic hydroxyl groups is 1. The molecule has 0 heterocycles. The second-order valence-electron chi connectivity index (χ2n) is 7.44. The van der Waals surface area contributed by atoms with Gasteiger partial charge in [0.1, 0.15) is 5.75 Å². The van der Waals surface area contributed by atoms with Crippen molar-refractivity contribution in [2.45, 2.75) is 38.6 Å². The molecule has 0 aliphatic heterocycles. The summed E-state index contributed by atoms with van der Waals surface area (Å²) in [6.07, 6.45) is 2.28. The molecule has 0 aromatic heterocycles. The molecule has 0 aliphatic rings. The van der Waals surface area contributed by atoms with Crippen LogP contribution in [0.15, 0.2) is 54.6 Å². The first-order valence-electron chi connectivity index (χ1n) is 10.3. The summed E-state index contributed by atoms with van der Waals surface area (Å²) in [7, 11) is 1.60. The minimum atomic E-state index is -0.647. The van der Waals surface area contributed by atoms with Crippen molar-refractivity contribution >= 4 is 5.91 Å². The first-order chi connectivity index (χ1) is 14.1. The first-order valence-corrected chi connectivity index (χ1v) is 10.3. The predicted octanol–water partition coefficient (Wildman–Crippen LogP) is 4.08. The number of amides is 1. The van der Waals surface area contributed by atoms with E-state index in [-0.39, 0.29) is 18.6 Å². The number of ether oxygens (including phenoxy) is 2. The highest BCUT2D eigenvalue weighted by molar-refractivity contribution is 5.84. The fraction of sp³-hybridized carbons (Fsp3) is 0.458. The van der Waals surface area contributed by atoms with Crippen molar-refractivity contribution in [3.05, 3.63) is 65.7 Å². The van der Waals surface area contributed by atoms with Crippen molar-refractivity contribution < 1.29 is 19.4 Å². The Kier molecular flexibility index (Phi) is 9.68. The quantitative estimate of drug-likeness (QED) is 0.564. The molecule has 0 bridgehead atoms. The summed E-state index contributed by atoms with van der Waals surface area (Å²) < 4.78 is 11.1. The standard InChI is InChI=1S/C24H33NO4/c1-4-8-18(2)16-29-21-13-11-19(12-14-21)22(15-26)24(27)25-23(17-28-3)20-9-6-5-7-10-20/h5-7,9-14,18,22-23,26H,4,8,15-17H2,1-3H3,(H,25,27). The van der Waals surface area contributed by atoms with Crippen LogP contribution in [-0.2, 0) is 9.53 Å². The van der Waals surface area contributed by atoms with Crippen molar-refractivity contribution in [3.63, 3.8) is 0 Å². The molecule has 3 atom stereocenters. The van der Waals surface area contributed by atoms with E-state index in [0.717, 1.165) is 29.7 Å². The van der Waals surface area contributed by atoms with E-state index >= 15 is 0 Å². The molecule has 2 rings (SSSR count). The summed E-state index contributed by atoms with van der Waals surface area (Å²) in [4.78, 5) is 12.8. The lowest BCUT2D eigenvalue weighted by Gasteiger charge is -2.22. The fourth-order valence-corrected chi connectivity index (χ4v) is 3.30. The molecule has 1 amide bonds. The Hall–Kier alpha value is -2.37. The molecule has 2 aromatic carbocycles. The number of nitrogens with one attached hydrogen (secondary N) is 1. The Morgan fingerprint density at radius 2 is 1.72 bits per heavy atom. The van der Waals surface area contributed by atoms with Crippen molar-refractivity contribution in [2.24, 2.45) is 5.92 Å². The van der Waals surface area contributed by atoms with Gasteiger partial charge in [0.15, 0.2) is 0 Å². The zero-order chi connectivity index (χ0) is 21.1. The summed E-state index contributed by atoms with van der Waals surface area (Å²) in [6.45, 7) is 5.10. The van der Waals surface area contributed by atoms with E-state index < -0.39 is 5.92 Å².